The number of anilines is 1. The van der Waals surface area contributed by atoms with E-state index in [1.165, 1.54) is 18.2 Å². The highest BCUT2D eigenvalue weighted by atomic mass is 35.5. The molecule has 2 aromatic rings. The molecular formula is C14H12ClN3O5S. The Hall–Kier alpha value is -2.49. The van der Waals surface area contributed by atoms with Crippen molar-refractivity contribution in [2.24, 2.45) is 0 Å². The number of nitrogens with one attached hydrogen (secondary N) is 2. The van der Waals surface area contributed by atoms with Gasteiger partial charge in [0, 0.05) is 16.8 Å². The third-order valence-corrected chi connectivity index (χ3v) is 4.57. The molecule has 0 fully saturated rings. The molecule has 1 amide bonds. The number of nitrogens with zero attached hydrogens (tertiary/aromatic N) is 1. The molecule has 10 heteroatoms. The predicted molar refractivity (Wildman–Crippen MR) is 88.4 cm³/mol. The largest absolute Gasteiger partial charge is 0.325 e. The van der Waals surface area contributed by atoms with Gasteiger partial charge in [-0.15, -0.1) is 0 Å². The number of carbonyl (C=O) groups is 1. The van der Waals surface area contributed by atoms with Crippen molar-refractivity contribution in [3.05, 3.63) is 63.7 Å². The van der Waals surface area contributed by atoms with Crippen LogP contribution in [0.3, 0.4) is 0 Å². The normalized spacial score (nSPS) is 11.0. The Morgan fingerprint density at radius 2 is 1.88 bits per heavy atom. The topological polar surface area (TPSA) is 118 Å². The summed E-state index contributed by atoms with van der Waals surface area (Å²) in [6.45, 7) is -0.582. The second-order valence-corrected chi connectivity index (χ2v) is 6.78. The molecule has 8 nitrogen and oxygen atoms in total. The number of amides is 1. The fourth-order valence-corrected chi connectivity index (χ4v) is 3.19. The average molecular weight is 370 g/mol. The van der Waals surface area contributed by atoms with Gasteiger partial charge in [-0.3, -0.25) is 14.9 Å². The van der Waals surface area contributed by atoms with E-state index < -0.39 is 38.0 Å². The van der Waals surface area contributed by atoms with E-state index in [4.69, 9.17) is 11.6 Å². The highest BCUT2D eigenvalue weighted by Gasteiger charge is 2.25. The second kappa shape index (κ2) is 7.39. The number of benzene rings is 2. The molecule has 0 heterocycles. The van der Waals surface area contributed by atoms with Gasteiger partial charge in [-0.05, 0) is 24.3 Å². The molecule has 0 radical (unpaired) electrons. The Balaban J connectivity index is 2.08. The maximum Gasteiger partial charge on any atom is 0.289 e. The average Bonchev–Trinajstić information content (AvgIpc) is 2.53. The van der Waals surface area contributed by atoms with E-state index in [1.807, 2.05) is 4.72 Å². The zero-order valence-corrected chi connectivity index (χ0v) is 13.7. The van der Waals surface area contributed by atoms with Crippen LogP contribution in [-0.4, -0.2) is 25.8 Å². The van der Waals surface area contributed by atoms with Gasteiger partial charge in [0.15, 0.2) is 4.90 Å². The minimum Gasteiger partial charge on any atom is -0.325 e. The van der Waals surface area contributed by atoms with E-state index in [-0.39, 0.29) is 0 Å². The SMILES string of the molecule is O=C(CNS(=O)(=O)c1ccccc1[N+](=O)[O-])Nc1cccc(Cl)c1. The first-order valence-corrected chi connectivity index (χ1v) is 8.44. The summed E-state index contributed by atoms with van der Waals surface area (Å²) < 4.78 is 26.3. The Bertz CT molecular complexity index is 885. The Kier molecular flexibility index (Phi) is 5.50. The fraction of sp³-hybridized carbons (Fsp3) is 0.0714. The molecule has 0 spiro atoms. The van der Waals surface area contributed by atoms with Crippen molar-refractivity contribution in [1.82, 2.24) is 4.72 Å². The lowest BCUT2D eigenvalue weighted by Crippen LogP contribution is -2.33. The highest BCUT2D eigenvalue weighted by molar-refractivity contribution is 7.89. The molecule has 0 aliphatic carbocycles. The third-order valence-electron chi connectivity index (χ3n) is 2.88. The number of sulfonamides is 1. The summed E-state index contributed by atoms with van der Waals surface area (Å²) in [4.78, 5) is 21.4. The maximum absolute atomic E-state index is 12.2. The summed E-state index contributed by atoms with van der Waals surface area (Å²) >= 11 is 5.78. The molecule has 2 rings (SSSR count). The molecule has 0 aliphatic rings. The molecule has 0 saturated heterocycles. The standard InChI is InChI=1S/C14H12ClN3O5S/c15-10-4-3-5-11(8-10)17-14(19)9-16-24(22,23)13-7-2-1-6-12(13)18(20)21/h1-8,16H,9H2,(H,17,19). The molecular weight excluding hydrogens is 358 g/mol. The molecule has 2 N–H and O–H groups in total. The van der Waals surface area contributed by atoms with Gasteiger partial charge in [-0.25, -0.2) is 13.1 Å². The number of carbonyl (C=O) groups excluding carboxylic acids is 1. The summed E-state index contributed by atoms with van der Waals surface area (Å²) in [5.74, 6) is -0.639. The number of halogens is 1. The summed E-state index contributed by atoms with van der Waals surface area (Å²) in [7, 11) is -4.21. The quantitative estimate of drug-likeness (QED) is 0.597. The molecule has 0 unspecified atom stereocenters. The lowest BCUT2D eigenvalue weighted by atomic mass is 10.3. The van der Waals surface area contributed by atoms with Crippen LogP contribution in [0.5, 0.6) is 0 Å². The molecule has 24 heavy (non-hydrogen) atoms. The van der Waals surface area contributed by atoms with E-state index >= 15 is 0 Å². The summed E-state index contributed by atoms with van der Waals surface area (Å²) in [5.41, 5.74) is -0.169. The number of nitro benzene ring substituents is 1. The summed E-state index contributed by atoms with van der Waals surface area (Å²) in [6.07, 6.45) is 0. The Labute approximate surface area is 142 Å². The second-order valence-electron chi connectivity index (χ2n) is 4.61. The van der Waals surface area contributed by atoms with Crippen LogP contribution in [0.2, 0.25) is 5.02 Å². The number of nitro groups is 1. The maximum atomic E-state index is 12.2. The van der Waals surface area contributed by atoms with Gasteiger partial charge in [0.05, 0.1) is 11.5 Å². The van der Waals surface area contributed by atoms with Crippen LogP contribution < -0.4 is 10.0 Å². The van der Waals surface area contributed by atoms with E-state index in [2.05, 4.69) is 5.32 Å². The van der Waals surface area contributed by atoms with E-state index in [0.717, 1.165) is 12.1 Å². The summed E-state index contributed by atoms with van der Waals surface area (Å²) in [6, 6.07) is 11.2. The first-order chi connectivity index (χ1) is 11.3. The van der Waals surface area contributed by atoms with Gasteiger partial charge in [0.25, 0.3) is 5.69 Å². The van der Waals surface area contributed by atoms with Crippen molar-refractivity contribution in [2.75, 3.05) is 11.9 Å². The van der Waals surface area contributed by atoms with Gasteiger partial charge >= 0.3 is 0 Å². The minimum atomic E-state index is -4.21. The van der Waals surface area contributed by atoms with Crippen LogP contribution in [0.15, 0.2) is 53.4 Å². The van der Waals surface area contributed by atoms with Crippen molar-refractivity contribution in [2.45, 2.75) is 4.90 Å². The van der Waals surface area contributed by atoms with Crippen molar-refractivity contribution < 1.29 is 18.1 Å². The fourth-order valence-electron chi connectivity index (χ4n) is 1.84. The van der Waals surface area contributed by atoms with Crippen LogP contribution in [0.25, 0.3) is 0 Å². The molecule has 0 atom stereocenters. The minimum absolute atomic E-state index is 0.400. The van der Waals surface area contributed by atoms with Crippen LogP contribution >= 0.6 is 11.6 Å². The Morgan fingerprint density at radius 1 is 1.17 bits per heavy atom. The first kappa shape index (κ1) is 17.9. The van der Waals surface area contributed by atoms with Gasteiger partial charge < -0.3 is 5.32 Å². The molecule has 0 aromatic heterocycles. The smallest absolute Gasteiger partial charge is 0.289 e. The van der Waals surface area contributed by atoms with Crippen LogP contribution in [0.1, 0.15) is 0 Å². The lowest BCUT2D eigenvalue weighted by molar-refractivity contribution is -0.387. The summed E-state index contributed by atoms with van der Waals surface area (Å²) in [5, 5.41) is 13.8. The van der Waals surface area contributed by atoms with Gasteiger partial charge in [0.2, 0.25) is 15.9 Å². The lowest BCUT2D eigenvalue weighted by Gasteiger charge is -2.08. The van der Waals surface area contributed by atoms with E-state index in [1.54, 1.807) is 18.2 Å². The molecule has 0 bridgehead atoms. The number of hydrogen-bond acceptors (Lipinski definition) is 5. The molecule has 0 aliphatic heterocycles. The zero-order valence-electron chi connectivity index (χ0n) is 12.1. The van der Waals surface area contributed by atoms with Crippen molar-refractivity contribution in [1.29, 1.82) is 0 Å². The van der Waals surface area contributed by atoms with Gasteiger partial charge in [0.1, 0.15) is 0 Å². The van der Waals surface area contributed by atoms with E-state index in [9.17, 15) is 23.3 Å². The molecule has 2 aromatic carbocycles. The van der Waals surface area contributed by atoms with Gasteiger partial charge in [-0.1, -0.05) is 29.8 Å². The number of para-hydroxylation sites is 1. The van der Waals surface area contributed by atoms with Crippen molar-refractivity contribution in [3.8, 4) is 0 Å². The number of rotatable bonds is 6. The molecule has 126 valence electrons. The van der Waals surface area contributed by atoms with Crippen LogP contribution in [-0.2, 0) is 14.8 Å². The van der Waals surface area contributed by atoms with Crippen molar-refractivity contribution >= 4 is 38.9 Å². The van der Waals surface area contributed by atoms with Crippen LogP contribution in [0, 0.1) is 10.1 Å². The van der Waals surface area contributed by atoms with Crippen LogP contribution in [0.4, 0.5) is 11.4 Å². The number of hydrogen-bond donors (Lipinski definition) is 2. The van der Waals surface area contributed by atoms with Gasteiger partial charge in [-0.2, -0.15) is 0 Å². The predicted octanol–water partition coefficient (Wildman–Crippen LogP) is 2.17. The first-order valence-electron chi connectivity index (χ1n) is 6.58. The highest BCUT2D eigenvalue weighted by Crippen LogP contribution is 2.22. The van der Waals surface area contributed by atoms with E-state index in [0.29, 0.717) is 10.7 Å². The monoisotopic (exact) mass is 369 g/mol. The third kappa shape index (κ3) is 4.51. The molecule has 0 saturated carbocycles. The Morgan fingerprint density at radius 3 is 2.54 bits per heavy atom. The van der Waals surface area contributed by atoms with Crippen molar-refractivity contribution in [3.63, 3.8) is 0 Å². The zero-order chi connectivity index (χ0) is 17.7.